The lowest BCUT2D eigenvalue weighted by molar-refractivity contribution is 0.589. The number of aromatic nitrogens is 1. The van der Waals surface area contributed by atoms with Gasteiger partial charge < -0.3 is 4.42 Å². The first-order valence-corrected chi connectivity index (χ1v) is 14.6. The minimum absolute atomic E-state index is 0.119. The van der Waals surface area contributed by atoms with Gasteiger partial charge in [-0.15, -0.1) is 0 Å². The molecule has 1 aliphatic rings. The lowest BCUT2D eigenvalue weighted by atomic mass is 9.98. The maximum absolute atomic E-state index is 6.14. The Bertz CT molecular complexity index is 1890. The molecule has 208 valence electrons. The van der Waals surface area contributed by atoms with Gasteiger partial charge >= 0.3 is 0 Å². The van der Waals surface area contributed by atoms with Crippen molar-refractivity contribution in [1.82, 2.24) is 4.98 Å². The molecule has 6 aromatic rings. The van der Waals surface area contributed by atoms with Crippen LogP contribution in [0.1, 0.15) is 34.7 Å². The molecule has 1 unspecified atom stereocenters. The molecule has 0 spiro atoms. The molecular formula is C38H28ClN3O. The molecular weight excluding hydrogens is 550 g/mol. The minimum Gasteiger partial charge on any atom is -0.436 e. The maximum Gasteiger partial charge on any atom is 0.226 e. The number of oxazole rings is 1. The molecule has 0 fully saturated rings. The lowest BCUT2D eigenvalue weighted by Gasteiger charge is -2.24. The van der Waals surface area contributed by atoms with Gasteiger partial charge in [0.15, 0.2) is 5.76 Å². The van der Waals surface area contributed by atoms with Crippen molar-refractivity contribution in [2.75, 3.05) is 5.01 Å². The van der Waals surface area contributed by atoms with Crippen molar-refractivity contribution < 1.29 is 4.42 Å². The molecule has 1 atom stereocenters. The van der Waals surface area contributed by atoms with Gasteiger partial charge in [0.05, 0.1) is 23.6 Å². The summed E-state index contributed by atoms with van der Waals surface area (Å²) in [7, 11) is 0. The van der Waals surface area contributed by atoms with Crippen molar-refractivity contribution in [3.63, 3.8) is 0 Å². The number of halogens is 1. The van der Waals surface area contributed by atoms with Gasteiger partial charge in [0, 0.05) is 22.6 Å². The van der Waals surface area contributed by atoms with Crippen molar-refractivity contribution in [3.05, 3.63) is 167 Å². The Kier molecular flexibility index (Phi) is 7.43. The van der Waals surface area contributed by atoms with Crippen LogP contribution in [0.25, 0.3) is 34.9 Å². The molecule has 1 aliphatic heterocycles. The summed E-state index contributed by atoms with van der Waals surface area (Å²) in [6.07, 6.45) is 6.83. The van der Waals surface area contributed by atoms with E-state index in [0.29, 0.717) is 5.89 Å². The van der Waals surface area contributed by atoms with Gasteiger partial charge in [0.2, 0.25) is 5.89 Å². The molecule has 0 amide bonds. The monoisotopic (exact) mass is 577 g/mol. The van der Waals surface area contributed by atoms with Crippen LogP contribution in [0.5, 0.6) is 0 Å². The summed E-state index contributed by atoms with van der Waals surface area (Å²) in [6.45, 7) is 0. The van der Waals surface area contributed by atoms with E-state index in [2.05, 4.69) is 82.8 Å². The molecule has 0 radical (unpaired) electrons. The summed E-state index contributed by atoms with van der Waals surface area (Å²) in [5.74, 6) is 1.37. The first-order chi connectivity index (χ1) is 21.2. The van der Waals surface area contributed by atoms with Crippen molar-refractivity contribution in [3.8, 4) is 22.8 Å². The van der Waals surface area contributed by atoms with Gasteiger partial charge in [0.25, 0.3) is 0 Å². The summed E-state index contributed by atoms with van der Waals surface area (Å²) in [4.78, 5) is 4.51. The quantitative estimate of drug-likeness (QED) is 0.177. The zero-order valence-corrected chi connectivity index (χ0v) is 24.1. The van der Waals surface area contributed by atoms with E-state index < -0.39 is 0 Å². The van der Waals surface area contributed by atoms with Gasteiger partial charge in [-0.25, -0.2) is 4.98 Å². The fourth-order valence-corrected chi connectivity index (χ4v) is 5.48. The van der Waals surface area contributed by atoms with Crippen molar-refractivity contribution in [1.29, 1.82) is 0 Å². The molecule has 5 heteroatoms. The Morgan fingerprint density at radius 2 is 1.37 bits per heavy atom. The van der Waals surface area contributed by atoms with E-state index >= 15 is 0 Å². The summed E-state index contributed by atoms with van der Waals surface area (Å²) in [5, 5.41) is 7.93. The van der Waals surface area contributed by atoms with Gasteiger partial charge in [-0.3, -0.25) is 5.01 Å². The van der Waals surface area contributed by atoms with Gasteiger partial charge in [-0.05, 0) is 58.7 Å². The molecule has 0 saturated heterocycles. The lowest BCUT2D eigenvalue weighted by Crippen LogP contribution is -2.18. The predicted octanol–water partition coefficient (Wildman–Crippen LogP) is 10.2. The van der Waals surface area contributed by atoms with Crippen LogP contribution in [0, 0.1) is 0 Å². The number of benzene rings is 5. The highest BCUT2D eigenvalue weighted by molar-refractivity contribution is 6.30. The van der Waals surface area contributed by atoms with Crippen LogP contribution in [-0.4, -0.2) is 10.7 Å². The van der Waals surface area contributed by atoms with Crippen LogP contribution in [0.2, 0.25) is 5.02 Å². The van der Waals surface area contributed by atoms with Crippen LogP contribution in [0.15, 0.2) is 149 Å². The number of hydrazone groups is 1. The van der Waals surface area contributed by atoms with E-state index in [1.54, 1.807) is 6.20 Å². The van der Waals surface area contributed by atoms with Crippen molar-refractivity contribution in [2.45, 2.75) is 12.5 Å². The second-order valence-electron chi connectivity index (χ2n) is 10.5. The van der Waals surface area contributed by atoms with Crippen LogP contribution >= 0.6 is 11.6 Å². The SMILES string of the molecule is Clc1ccc(C2=NN(c3ccc(/C=C/c4cccc(-c5ncc(-c6ccccc6)o5)c4)cc3)C(c3ccccc3)C2)cc1. The summed E-state index contributed by atoms with van der Waals surface area (Å²) < 4.78 is 6.06. The molecule has 43 heavy (non-hydrogen) atoms. The Morgan fingerprint density at radius 1 is 0.674 bits per heavy atom. The fourth-order valence-electron chi connectivity index (χ4n) is 5.35. The van der Waals surface area contributed by atoms with E-state index in [1.807, 2.05) is 72.8 Å². The second-order valence-corrected chi connectivity index (χ2v) is 10.9. The molecule has 0 saturated carbocycles. The highest BCUT2D eigenvalue weighted by Crippen LogP contribution is 2.37. The number of rotatable bonds is 7. The highest BCUT2D eigenvalue weighted by Gasteiger charge is 2.29. The van der Waals surface area contributed by atoms with Crippen LogP contribution in [0.3, 0.4) is 0 Å². The third kappa shape index (κ3) is 5.92. The van der Waals surface area contributed by atoms with Gasteiger partial charge in [-0.1, -0.05) is 121 Å². The first-order valence-electron chi connectivity index (χ1n) is 14.3. The average Bonchev–Trinajstić information content (AvgIpc) is 3.75. The molecule has 0 bridgehead atoms. The van der Waals surface area contributed by atoms with Gasteiger partial charge in [-0.2, -0.15) is 5.10 Å². The largest absolute Gasteiger partial charge is 0.436 e. The standard InChI is InChI=1S/C38H28ClN3O/c39-33-20-18-29(19-21-33)35-25-36(30-9-3-1-4-10-30)42(41-35)34-22-16-27(17-23-34)14-15-28-8-7-13-32(24-28)38-40-26-37(43-38)31-11-5-2-6-12-31/h1-24,26,36H,25H2/b15-14+. The second kappa shape index (κ2) is 12.0. The Balaban J connectivity index is 1.11. The average molecular weight is 578 g/mol. The molecule has 4 nitrogen and oxygen atoms in total. The molecule has 1 aromatic heterocycles. The fraction of sp³-hybridized carbons (Fsp3) is 0.0526. The molecule has 7 rings (SSSR count). The molecule has 0 aliphatic carbocycles. The Labute approximate surface area is 256 Å². The molecule has 2 heterocycles. The topological polar surface area (TPSA) is 41.6 Å². The highest BCUT2D eigenvalue weighted by atomic mass is 35.5. The number of nitrogens with zero attached hydrogens (tertiary/aromatic N) is 3. The Hall–Kier alpha value is -5.19. The van der Waals surface area contributed by atoms with Crippen LogP contribution in [-0.2, 0) is 0 Å². The normalized spacial score (nSPS) is 14.8. The number of anilines is 1. The summed E-state index contributed by atoms with van der Waals surface area (Å²) in [5.41, 5.74) is 8.56. The third-order valence-corrected chi connectivity index (χ3v) is 7.85. The zero-order chi connectivity index (χ0) is 29.0. The summed E-state index contributed by atoms with van der Waals surface area (Å²) in [6, 6.07) is 45.4. The van der Waals surface area contributed by atoms with Crippen molar-refractivity contribution >= 4 is 35.2 Å². The molecule has 0 N–H and O–H groups in total. The summed E-state index contributed by atoms with van der Waals surface area (Å²) >= 11 is 6.14. The maximum atomic E-state index is 6.14. The van der Waals surface area contributed by atoms with E-state index in [1.165, 1.54) is 5.56 Å². The van der Waals surface area contributed by atoms with Crippen molar-refractivity contribution in [2.24, 2.45) is 5.10 Å². The van der Waals surface area contributed by atoms with E-state index in [4.69, 9.17) is 21.1 Å². The van der Waals surface area contributed by atoms with Gasteiger partial charge in [0.1, 0.15) is 0 Å². The zero-order valence-electron chi connectivity index (χ0n) is 23.3. The number of hydrogen-bond donors (Lipinski definition) is 0. The van der Waals surface area contributed by atoms with E-state index in [9.17, 15) is 0 Å². The third-order valence-electron chi connectivity index (χ3n) is 7.60. The Morgan fingerprint density at radius 3 is 2.14 bits per heavy atom. The predicted molar refractivity (Wildman–Crippen MR) is 177 cm³/mol. The molecule has 5 aromatic carbocycles. The smallest absolute Gasteiger partial charge is 0.226 e. The number of hydrogen-bond acceptors (Lipinski definition) is 4. The van der Waals surface area contributed by atoms with E-state index in [0.717, 1.165) is 56.4 Å². The van der Waals surface area contributed by atoms with Crippen LogP contribution < -0.4 is 5.01 Å². The minimum atomic E-state index is 0.119. The van der Waals surface area contributed by atoms with Crippen LogP contribution in [0.4, 0.5) is 5.69 Å². The first kappa shape index (κ1) is 26.7. The van der Waals surface area contributed by atoms with E-state index in [-0.39, 0.29) is 6.04 Å².